The standard InChI is InChI=1S/C20H20ClN3O/c1-15-17(14-24(23-15)19-7-3-2-4-8-19)6-5-13-22-20(25)16-9-11-18(21)12-10-16/h2-4,7-12,14H,5-6,13H2,1H3,(H,22,25). The van der Waals surface area contributed by atoms with Gasteiger partial charge in [0.05, 0.1) is 11.4 Å². The highest BCUT2D eigenvalue weighted by Gasteiger charge is 2.07. The van der Waals surface area contributed by atoms with Gasteiger partial charge in [0.2, 0.25) is 0 Å². The molecule has 0 unspecified atom stereocenters. The van der Waals surface area contributed by atoms with Gasteiger partial charge in [0.25, 0.3) is 5.91 Å². The van der Waals surface area contributed by atoms with Gasteiger partial charge in [-0.3, -0.25) is 4.79 Å². The molecule has 1 N–H and O–H groups in total. The molecule has 25 heavy (non-hydrogen) atoms. The Balaban J connectivity index is 1.52. The fourth-order valence-electron chi connectivity index (χ4n) is 2.64. The molecule has 128 valence electrons. The lowest BCUT2D eigenvalue weighted by Crippen LogP contribution is -2.24. The third-order valence-corrected chi connectivity index (χ3v) is 4.29. The third kappa shape index (κ3) is 4.48. The molecule has 0 atom stereocenters. The molecule has 0 aliphatic carbocycles. The number of hydrogen-bond donors (Lipinski definition) is 1. The van der Waals surface area contributed by atoms with E-state index < -0.39 is 0 Å². The molecule has 0 fully saturated rings. The van der Waals surface area contributed by atoms with E-state index in [-0.39, 0.29) is 5.91 Å². The molecule has 0 aliphatic heterocycles. The summed E-state index contributed by atoms with van der Waals surface area (Å²) in [5, 5.41) is 8.13. The molecule has 1 heterocycles. The van der Waals surface area contributed by atoms with Crippen LogP contribution in [0.3, 0.4) is 0 Å². The van der Waals surface area contributed by atoms with Crippen LogP contribution in [0.4, 0.5) is 0 Å². The van der Waals surface area contributed by atoms with Crippen molar-refractivity contribution < 1.29 is 4.79 Å². The van der Waals surface area contributed by atoms with Crippen LogP contribution in [0, 0.1) is 6.92 Å². The molecule has 0 spiro atoms. The van der Waals surface area contributed by atoms with Crippen LogP contribution in [-0.4, -0.2) is 22.2 Å². The van der Waals surface area contributed by atoms with Crippen molar-refractivity contribution in [3.63, 3.8) is 0 Å². The number of para-hydroxylation sites is 1. The van der Waals surface area contributed by atoms with E-state index in [1.165, 1.54) is 5.56 Å². The molecule has 0 saturated heterocycles. The highest BCUT2D eigenvalue weighted by Crippen LogP contribution is 2.13. The normalized spacial score (nSPS) is 10.6. The number of nitrogens with one attached hydrogen (secondary N) is 1. The summed E-state index contributed by atoms with van der Waals surface area (Å²) in [5.41, 5.74) is 3.89. The smallest absolute Gasteiger partial charge is 0.251 e. The number of aryl methyl sites for hydroxylation is 2. The number of amides is 1. The molecule has 3 aromatic rings. The van der Waals surface area contributed by atoms with Gasteiger partial charge in [-0.05, 0) is 61.7 Å². The molecule has 0 saturated carbocycles. The van der Waals surface area contributed by atoms with Crippen molar-refractivity contribution in [3.05, 3.63) is 82.6 Å². The van der Waals surface area contributed by atoms with E-state index in [0.29, 0.717) is 17.1 Å². The molecule has 1 amide bonds. The summed E-state index contributed by atoms with van der Waals surface area (Å²) in [5.74, 6) is -0.0756. The van der Waals surface area contributed by atoms with Crippen molar-refractivity contribution in [1.82, 2.24) is 15.1 Å². The Morgan fingerprint density at radius 3 is 2.56 bits per heavy atom. The Bertz CT molecular complexity index is 841. The number of halogens is 1. The zero-order valence-corrected chi connectivity index (χ0v) is 14.8. The van der Waals surface area contributed by atoms with Gasteiger partial charge in [0, 0.05) is 23.3 Å². The lowest BCUT2D eigenvalue weighted by Gasteiger charge is -2.05. The first kappa shape index (κ1) is 17.2. The van der Waals surface area contributed by atoms with E-state index in [9.17, 15) is 4.79 Å². The minimum atomic E-state index is -0.0756. The van der Waals surface area contributed by atoms with E-state index in [4.69, 9.17) is 11.6 Å². The maximum absolute atomic E-state index is 12.1. The van der Waals surface area contributed by atoms with Gasteiger partial charge >= 0.3 is 0 Å². The molecule has 0 aliphatic rings. The first-order chi connectivity index (χ1) is 12.1. The summed E-state index contributed by atoms with van der Waals surface area (Å²) in [6.45, 7) is 2.64. The van der Waals surface area contributed by atoms with Gasteiger partial charge in [0.15, 0.2) is 0 Å². The van der Waals surface area contributed by atoms with E-state index in [0.717, 1.165) is 24.2 Å². The summed E-state index contributed by atoms with van der Waals surface area (Å²) >= 11 is 5.83. The largest absolute Gasteiger partial charge is 0.352 e. The van der Waals surface area contributed by atoms with Gasteiger partial charge in [-0.15, -0.1) is 0 Å². The fraction of sp³-hybridized carbons (Fsp3) is 0.200. The van der Waals surface area contributed by atoms with E-state index in [2.05, 4.69) is 16.6 Å². The second-order valence-electron chi connectivity index (χ2n) is 5.89. The average Bonchev–Trinajstić information content (AvgIpc) is 3.01. The Labute approximate surface area is 152 Å². The monoisotopic (exact) mass is 353 g/mol. The summed E-state index contributed by atoms with van der Waals surface area (Å²) in [6, 6.07) is 16.9. The predicted octanol–water partition coefficient (Wildman–Crippen LogP) is 4.20. The summed E-state index contributed by atoms with van der Waals surface area (Å²) in [7, 11) is 0. The van der Waals surface area contributed by atoms with E-state index >= 15 is 0 Å². The summed E-state index contributed by atoms with van der Waals surface area (Å²) in [6.07, 6.45) is 3.80. The van der Waals surface area contributed by atoms with Gasteiger partial charge in [-0.1, -0.05) is 29.8 Å². The lowest BCUT2D eigenvalue weighted by atomic mass is 10.1. The lowest BCUT2D eigenvalue weighted by molar-refractivity contribution is 0.0953. The fourth-order valence-corrected chi connectivity index (χ4v) is 2.76. The Kier molecular flexibility index (Phi) is 5.51. The second kappa shape index (κ2) is 7.99. The number of aromatic nitrogens is 2. The third-order valence-electron chi connectivity index (χ3n) is 4.04. The quantitative estimate of drug-likeness (QED) is 0.675. The first-order valence-electron chi connectivity index (χ1n) is 8.28. The van der Waals surface area contributed by atoms with Crippen molar-refractivity contribution in [2.75, 3.05) is 6.54 Å². The Morgan fingerprint density at radius 2 is 1.84 bits per heavy atom. The van der Waals surface area contributed by atoms with Crippen LogP contribution in [-0.2, 0) is 6.42 Å². The number of rotatable bonds is 6. The number of carbonyl (C=O) groups is 1. The first-order valence-corrected chi connectivity index (χ1v) is 8.65. The molecular weight excluding hydrogens is 334 g/mol. The minimum Gasteiger partial charge on any atom is -0.352 e. The number of benzene rings is 2. The minimum absolute atomic E-state index is 0.0756. The maximum atomic E-state index is 12.1. The van der Waals surface area contributed by atoms with Gasteiger partial charge < -0.3 is 5.32 Å². The molecule has 2 aromatic carbocycles. The van der Waals surface area contributed by atoms with Crippen molar-refractivity contribution in [2.24, 2.45) is 0 Å². The van der Waals surface area contributed by atoms with Crippen LogP contribution >= 0.6 is 11.6 Å². The van der Waals surface area contributed by atoms with Crippen LogP contribution in [0.25, 0.3) is 5.69 Å². The molecule has 4 nitrogen and oxygen atoms in total. The van der Waals surface area contributed by atoms with Crippen LogP contribution in [0.2, 0.25) is 5.02 Å². The van der Waals surface area contributed by atoms with Crippen molar-refractivity contribution in [3.8, 4) is 5.69 Å². The van der Waals surface area contributed by atoms with E-state index in [1.807, 2.05) is 41.9 Å². The SMILES string of the molecule is Cc1nn(-c2ccccc2)cc1CCCNC(=O)c1ccc(Cl)cc1. The van der Waals surface area contributed by atoms with E-state index in [1.54, 1.807) is 24.3 Å². The number of hydrogen-bond acceptors (Lipinski definition) is 2. The molecule has 5 heteroatoms. The second-order valence-corrected chi connectivity index (χ2v) is 6.32. The van der Waals surface area contributed by atoms with Crippen molar-refractivity contribution >= 4 is 17.5 Å². The number of carbonyl (C=O) groups excluding carboxylic acids is 1. The Hall–Kier alpha value is -2.59. The molecule has 0 bridgehead atoms. The zero-order chi connectivity index (χ0) is 17.6. The van der Waals surface area contributed by atoms with Crippen LogP contribution in [0.5, 0.6) is 0 Å². The van der Waals surface area contributed by atoms with Crippen LogP contribution in [0.1, 0.15) is 28.0 Å². The maximum Gasteiger partial charge on any atom is 0.251 e. The van der Waals surface area contributed by atoms with Crippen LogP contribution < -0.4 is 5.32 Å². The van der Waals surface area contributed by atoms with Gasteiger partial charge in [-0.2, -0.15) is 5.10 Å². The highest BCUT2D eigenvalue weighted by atomic mass is 35.5. The topological polar surface area (TPSA) is 46.9 Å². The predicted molar refractivity (Wildman–Crippen MR) is 100 cm³/mol. The molecule has 1 aromatic heterocycles. The highest BCUT2D eigenvalue weighted by molar-refractivity contribution is 6.30. The number of nitrogens with zero attached hydrogens (tertiary/aromatic N) is 2. The van der Waals surface area contributed by atoms with Crippen LogP contribution in [0.15, 0.2) is 60.8 Å². The van der Waals surface area contributed by atoms with Crippen molar-refractivity contribution in [1.29, 1.82) is 0 Å². The molecule has 3 rings (SSSR count). The average molecular weight is 354 g/mol. The molecule has 0 radical (unpaired) electrons. The zero-order valence-electron chi connectivity index (χ0n) is 14.1. The van der Waals surface area contributed by atoms with Gasteiger partial charge in [-0.25, -0.2) is 4.68 Å². The van der Waals surface area contributed by atoms with Crippen molar-refractivity contribution in [2.45, 2.75) is 19.8 Å². The summed E-state index contributed by atoms with van der Waals surface area (Å²) < 4.78 is 1.90. The molecular formula is C20H20ClN3O. The Morgan fingerprint density at radius 1 is 1.12 bits per heavy atom. The van der Waals surface area contributed by atoms with Gasteiger partial charge in [0.1, 0.15) is 0 Å². The summed E-state index contributed by atoms with van der Waals surface area (Å²) in [4.78, 5) is 12.1.